The first-order valence-electron chi connectivity index (χ1n) is 11.8. The molecule has 3 heterocycles. The van der Waals surface area contributed by atoms with Crippen LogP contribution in [0.2, 0.25) is 0 Å². The van der Waals surface area contributed by atoms with E-state index in [2.05, 4.69) is 24.8 Å². The predicted molar refractivity (Wildman–Crippen MR) is 139 cm³/mol. The zero-order valence-corrected chi connectivity index (χ0v) is 20.9. The lowest BCUT2D eigenvalue weighted by Crippen LogP contribution is -2.46. The summed E-state index contributed by atoms with van der Waals surface area (Å²) in [4.78, 5) is 41.0. The lowest BCUT2D eigenvalue weighted by molar-refractivity contribution is 0.248. The molecule has 1 saturated heterocycles. The van der Waals surface area contributed by atoms with E-state index in [9.17, 15) is 18.0 Å². The van der Waals surface area contributed by atoms with Gasteiger partial charge in [-0.25, -0.2) is 18.2 Å². The molecule has 0 atom stereocenters. The number of hydrogen-bond acceptors (Lipinski definition) is 7. The summed E-state index contributed by atoms with van der Waals surface area (Å²) in [6.07, 6.45) is 1.48. The topological polar surface area (TPSA) is 135 Å². The Morgan fingerprint density at radius 3 is 2.36 bits per heavy atom. The molecular formula is C25H28N6O4S. The number of nitrogens with one attached hydrogen (secondary N) is 3. The molecule has 0 radical (unpaired) electrons. The fraction of sp³-hybridized carbons (Fsp3) is 0.320. The maximum absolute atomic E-state index is 12.4. The number of aromatic amines is 3. The maximum atomic E-state index is 12.4. The monoisotopic (exact) mass is 508 g/mol. The largest absolute Gasteiger partial charge is 0.367 e. The SMILES string of the molecule is CC(C)S(=O)(=O)c1ccc(-c2nc3c(N4CCN(Cc5c[nH]c(=O)[nH]c5=O)CC4)cccc3[nH]2)cc1. The highest BCUT2D eigenvalue weighted by Crippen LogP contribution is 2.30. The highest BCUT2D eigenvalue weighted by atomic mass is 32.2. The number of rotatable bonds is 6. The summed E-state index contributed by atoms with van der Waals surface area (Å²) >= 11 is 0. The van der Waals surface area contributed by atoms with Gasteiger partial charge >= 0.3 is 5.69 Å². The van der Waals surface area contributed by atoms with Gasteiger partial charge in [0.15, 0.2) is 9.84 Å². The average molecular weight is 509 g/mol. The number of para-hydroxylation sites is 1. The molecule has 2 aromatic carbocycles. The fourth-order valence-electron chi connectivity index (χ4n) is 4.43. The van der Waals surface area contributed by atoms with Crippen LogP contribution in [-0.2, 0) is 16.4 Å². The van der Waals surface area contributed by atoms with Gasteiger partial charge in [0.2, 0.25) is 0 Å². The predicted octanol–water partition coefficient (Wildman–Crippen LogP) is 2.11. The zero-order valence-electron chi connectivity index (χ0n) is 20.1. The number of piperazine rings is 1. The molecule has 0 aliphatic carbocycles. The summed E-state index contributed by atoms with van der Waals surface area (Å²) in [6, 6.07) is 12.8. The van der Waals surface area contributed by atoms with E-state index in [0.717, 1.165) is 48.5 Å². The maximum Gasteiger partial charge on any atom is 0.325 e. The Morgan fingerprint density at radius 2 is 1.69 bits per heavy atom. The molecule has 4 aromatic rings. The molecule has 11 heteroatoms. The Labute approximate surface area is 207 Å². The summed E-state index contributed by atoms with van der Waals surface area (Å²) in [7, 11) is -3.33. The number of hydrogen-bond donors (Lipinski definition) is 3. The Hall–Kier alpha value is -3.70. The Bertz CT molecular complexity index is 1610. The molecule has 1 aliphatic heterocycles. The van der Waals surface area contributed by atoms with Gasteiger partial charge in [-0.05, 0) is 50.2 Å². The van der Waals surface area contributed by atoms with Crippen molar-refractivity contribution in [3.05, 3.63) is 75.1 Å². The minimum Gasteiger partial charge on any atom is -0.367 e. The van der Waals surface area contributed by atoms with Crippen LogP contribution in [0, 0.1) is 0 Å². The van der Waals surface area contributed by atoms with Gasteiger partial charge in [-0.3, -0.25) is 14.7 Å². The number of imidazole rings is 1. The van der Waals surface area contributed by atoms with Crippen LogP contribution in [0.25, 0.3) is 22.4 Å². The second-order valence-electron chi connectivity index (χ2n) is 9.24. The van der Waals surface area contributed by atoms with E-state index in [-0.39, 0.29) is 5.56 Å². The smallest absolute Gasteiger partial charge is 0.325 e. The summed E-state index contributed by atoms with van der Waals surface area (Å²) in [5.41, 5.74) is 3.28. The summed E-state index contributed by atoms with van der Waals surface area (Å²) < 4.78 is 24.9. The van der Waals surface area contributed by atoms with E-state index in [1.165, 1.54) is 6.20 Å². The van der Waals surface area contributed by atoms with Gasteiger partial charge in [0, 0.05) is 50.0 Å². The van der Waals surface area contributed by atoms with Crippen molar-refractivity contribution < 1.29 is 8.42 Å². The second-order valence-corrected chi connectivity index (χ2v) is 11.7. The first-order chi connectivity index (χ1) is 17.2. The Balaban J connectivity index is 1.34. The van der Waals surface area contributed by atoms with E-state index in [1.807, 2.05) is 18.2 Å². The lowest BCUT2D eigenvalue weighted by Gasteiger charge is -2.36. The summed E-state index contributed by atoms with van der Waals surface area (Å²) in [6.45, 7) is 6.88. The van der Waals surface area contributed by atoms with Gasteiger partial charge in [-0.2, -0.15) is 0 Å². The number of anilines is 1. The number of nitrogens with zero attached hydrogens (tertiary/aromatic N) is 3. The van der Waals surface area contributed by atoms with Crippen LogP contribution in [0.3, 0.4) is 0 Å². The van der Waals surface area contributed by atoms with Gasteiger partial charge in [0.1, 0.15) is 11.3 Å². The zero-order chi connectivity index (χ0) is 25.4. The van der Waals surface area contributed by atoms with Crippen molar-refractivity contribution >= 4 is 26.6 Å². The van der Waals surface area contributed by atoms with Crippen LogP contribution < -0.4 is 16.1 Å². The third kappa shape index (κ3) is 4.59. The van der Waals surface area contributed by atoms with Gasteiger partial charge < -0.3 is 14.9 Å². The van der Waals surface area contributed by atoms with Crippen LogP contribution >= 0.6 is 0 Å². The van der Waals surface area contributed by atoms with Gasteiger partial charge in [-0.1, -0.05) is 6.07 Å². The molecule has 3 N–H and O–H groups in total. The first kappa shape index (κ1) is 24.0. The Kier molecular flexibility index (Phi) is 6.27. The molecular weight excluding hydrogens is 480 g/mol. The molecule has 1 fully saturated rings. The van der Waals surface area contributed by atoms with Crippen molar-refractivity contribution in [3.8, 4) is 11.4 Å². The molecule has 10 nitrogen and oxygen atoms in total. The van der Waals surface area contributed by atoms with E-state index in [0.29, 0.717) is 22.8 Å². The first-order valence-corrected chi connectivity index (χ1v) is 13.4. The van der Waals surface area contributed by atoms with Gasteiger partial charge in [0.05, 0.1) is 21.3 Å². The van der Waals surface area contributed by atoms with E-state index in [1.54, 1.807) is 38.1 Å². The number of H-pyrrole nitrogens is 3. The molecule has 2 aromatic heterocycles. The van der Waals surface area contributed by atoms with E-state index >= 15 is 0 Å². The molecule has 0 amide bonds. The highest BCUT2D eigenvalue weighted by molar-refractivity contribution is 7.92. The van der Waals surface area contributed by atoms with Crippen molar-refractivity contribution in [2.45, 2.75) is 30.5 Å². The van der Waals surface area contributed by atoms with Crippen LogP contribution in [0.1, 0.15) is 19.4 Å². The van der Waals surface area contributed by atoms with Crippen molar-refractivity contribution in [3.63, 3.8) is 0 Å². The molecule has 1 aliphatic rings. The second kappa shape index (κ2) is 9.40. The quantitative estimate of drug-likeness (QED) is 0.363. The highest BCUT2D eigenvalue weighted by Gasteiger charge is 2.22. The molecule has 0 spiro atoms. The number of fused-ring (bicyclic) bond motifs is 1. The van der Waals surface area contributed by atoms with Crippen LogP contribution in [-0.4, -0.2) is 64.7 Å². The molecule has 0 bridgehead atoms. The minimum absolute atomic E-state index is 0.305. The number of sulfone groups is 1. The standard InChI is InChI=1S/C25H28N6O4S/c1-16(2)36(34,35)19-8-6-17(7-9-19)23-27-20-4-3-5-21(22(20)28-23)31-12-10-30(11-13-31)15-18-14-26-25(33)29-24(18)32/h3-9,14,16H,10-13,15H2,1-2H3,(H,27,28)(H2,26,29,32,33). The van der Waals surface area contributed by atoms with Crippen molar-refractivity contribution in [2.75, 3.05) is 31.1 Å². The third-order valence-electron chi connectivity index (χ3n) is 6.57. The normalized spacial score (nSPS) is 15.1. The molecule has 188 valence electrons. The van der Waals surface area contributed by atoms with Crippen molar-refractivity contribution in [1.29, 1.82) is 0 Å². The van der Waals surface area contributed by atoms with Gasteiger partial charge in [-0.15, -0.1) is 0 Å². The van der Waals surface area contributed by atoms with Crippen molar-refractivity contribution in [2.24, 2.45) is 0 Å². The van der Waals surface area contributed by atoms with Crippen LogP contribution in [0.4, 0.5) is 5.69 Å². The van der Waals surface area contributed by atoms with Crippen molar-refractivity contribution in [1.82, 2.24) is 24.8 Å². The molecule has 0 saturated carbocycles. The molecule has 0 unspecified atom stereocenters. The molecule has 36 heavy (non-hydrogen) atoms. The van der Waals surface area contributed by atoms with Crippen LogP contribution in [0.5, 0.6) is 0 Å². The summed E-state index contributed by atoms with van der Waals surface area (Å²) in [5, 5.41) is -0.477. The van der Waals surface area contributed by atoms with E-state index < -0.39 is 20.8 Å². The average Bonchev–Trinajstić information content (AvgIpc) is 3.31. The fourth-order valence-corrected chi connectivity index (χ4v) is 5.49. The lowest BCUT2D eigenvalue weighted by atomic mass is 10.2. The van der Waals surface area contributed by atoms with Gasteiger partial charge in [0.25, 0.3) is 5.56 Å². The number of aromatic nitrogens is 4. The van der Waals surface area contributed by atoms with Crippen LogP contribution in [0.15, 0.2) is 63.1 Å². The molecule has 5 rings (SSSR count). The number of benzene rings is 2. The Morgan fingerprint density at radius 1 is 0.972 bits per heavy atom. The minimum atomic E-state index is -3.33. The third-order valence-corrected chi connectivity index (χ3v) is 8.74. The summed E-state index contributed by atoms with van der Waals surface area (Å²) in [5.74, 6) is 0.682. The van der Waals surface area contributed by atoms with E-state index in [4.69, 9.17) is 4.98 Å².